The van der Waals surface area contributed by atoms with E-state index in [1.807, 2.05) is 0 Å². The highest BCUT2D eigenvalue weighted by Gasteiger charge is 1.83. The molecule has 3 nitrogen and oxygen atoms in total. The van der Waals surface area contributed by atoms with Crippen molar-refractivity contribution < 1.29 is 13.7 Å². The third-order valence-corrected chi connectivity index (χ3v) is 0.437. The van der Waals surface area contributed by atoms with Gasteiger partial charge < -0.3 is 8.92 Å². The molecule has 4 heteroatoms. The van der Waals surface area contributed by atoms with Crippen molar-refractivity contribution in [3.8, 4) is 0 Å². The molecule has 9 heavy (non-hydrogen) atoms. The Bertz CT molecular complexity index is 82.3. The third-order valence-electron chi connectivity index (χ3n) is 0.257. The summed E-state index contributed by atoms with van der Waals surface area (Å²) in [7, 11) is 3.25. The zero-order chi connectivity index (χ0) is 7.70. The lowest BCUT2D eigenvalue weighted by Crippen LogP contribution is -1.86. The molecule has 0 unspecified atom stereocenters. The largest absolute Gasteiger partial charge is 0.391 e. The average molecular weight is 150 g/mol. The van der Waals surface area contributed by atoms with Gasteiger partial charge in [-0.1, -0.05) is 6.58 Å². The highest BCUT2D eigenvalue weighted by Crippen LogP contribution is 1.78. The molecule has 0 aliphatic carbocycles. The first-order chi connectivity index (χ1) is 4.22. The number of rotatable bonds is 1. The molecule has 0 bridgehead atoms. The van der Waals surface area contributed by atoms with E-state index < -0.39 is 5.97 Å². The summed E-state index contributed by atoms with van der Waals surface area (Å²) in [5.74, 6) is -0.529. The van der Waals surface area contributed by atoms with E-state index >= 15 is 0 Å². The van der Waals surface area contributed by atoms with E-state index in [1.54, 1.807) is 14.2 Å². The van der Waals surface area contributed by atoms with Crippen molar-refractivity contribution in [2.45, 2.75) is 0 Å². The van der Waals surface area contributed by atoms with Crippen LogP contribution in [-0.2, 0) is 13.7 Å². The summed E-state index contributed by atoms with van der Waals surface area (Å²) in [5.41, 5.74) is 0. The van der Waals surface area contributed by atoms with Crippen LogP contribution in [0.2, 0.25) is 0 Å². The molecule has 0 saturated heterocycles. The molecule has 0 spiro atoms. The Morgan fingerprint density at radius 2 is 2.00 bits per heavy atom. The number of carbonyl (C=O) groups is 1. The Kier molecular flexibility index (Phi) is 13.2. The Balaban J connectivity index is 0. The minimum Gasteiger partial charge on any atom is -0.391 e. The van der Waals surface area contributed by atoms with Gasteiger partial charge in [0.15, 0.2) is 0 Å². The lowest BCUT2D eigenvalue weighted by atomic mass is 10.7. The predicted octanol–water partition coefficient (Wildman–Crippen LogP) is 0.823. The second-order valence-corrected chi connectivity index (χ2v) is 1.21. The second-order valence-electron chi connectivity index (χ2n) is 1.02. The topological polar surface area (TPSA) is 35.5 Å². The van der Waals surface area contributed by atoms with Crippen molar-refractivity contribution in [1.29, 1.82) is 0 Å². The fourth-order valence-corrected chi connectivity index (χ4v) is 0.112. The molecule has 0 fully saturated rings. The van der Waals surface area contributed by atoms with Gasteiger partial charge in [-0.05, 0) is 0 Å². The normalized spacial score (nSPS) is 6.56. The third kappa shape index (κ3) is 18.5. The average Bonchev–Trinajstić information content (AvgIpc) is 1.88. The van der Waals surface area contributed by atoms with E-state index in [-0.39, 0.29) is 0 Å². The van der Waals surface area contributed by atoms with Gasteiger partial charge in [0.1, 0.15) is 0 Å². The smallest absolute Gasteiger partial charge is 0.341 e. The van der Waals surface area contributed by atoms with E-state index in [0.717, 1.165) is 6.08 Å². The molecule has 0 aromatic heterocycles. The number of hydrogen-bond acceptors (Lipinski definition) is 4. The molecule has 0 atom stereocenters. The summed E-state index contributed by atoms with van der Waals surface area (Å²) in [5, 5.41) is 0. The highest BCUT2D eigenvalue weighted by molar-refractivity contribution is 7.75. The molecule has 0 aliphatic heterocycles. The van der Waals surface area contributed by atoms with Crippen LogP contribution in [0.3, 0.4) is 0 Å². The molecule has 54 valence electrons. The molecule has 0 amide bonds. The van der Waals surface area contributed by atoms with Gasteiger partial charge in [0, 0.05) is 33.2 Å². The zero-order valence-electron chi connectivity index (χ0n) is 5.46. The summed E-state index contributed by atoms with van der Waals surface area (Å²) >= 11 is 3.17. The van der Waals surface area contributed by atoms with Crippen LogP contribution in [0.5, 0.6) is 0 Å². The summed E-state index contributed by atoms with van der Waals surface area (Å²) in [4.78, 5) is 9.76. The van der Waals surface area contributed by atoms with Gasteiger partial charge in [0.2, 0.25) is 0 Å². The summed E-state index contributed by atoms with van der Waals surface area (Å²) in [6, 6.07) is 0. The molecule has 0 aromatic rings. The summed E-state index contributed by atoms with van der Waals surface area (Å²) < 4.78 is 8.09. The van der Waals surface area contributed by atoms with Crippen molar-refractivity contribution in [3.63, 3.8) is 0 Å². The molecule has 0 aliphatic rings. The van der Waals surface area contributed by atoms with Gasteiger partial charge in [-0.3, -0.25) is 0 Å². The number of carbonyl (C=O) groups excluding carboxylic acids is 1. The molecule has 0 radical (unpaired) electrons. The minimum atomic E-state index is -0.529. The molecule has 0 aromatic carbocycles. The molecule has 0 N–H and O–H groups in total. The summed E-state index contributed by atoms with van der Waals surface area (Å²) in [6.45, 7) is 3.11. The van der Waals surface area contributed by atoms with E-state index in [1.165, 1.54) is 0 Å². The Morgan fingerprint density at radius 1 is 1.67 bits per heavy atom. The van der Waals surface area contributed by atoms with Crippen LogP contribution in [0.4, 0.5) is 0 Å². The van der Waals surface area contributed by atoms with Crippen LogP contribution >= 0.6 is 12.9 Å². The van der Waals surface area contributed by atoms with E-state index in [9.17, 15) is 4.79 Å². The lowest BCUT2D eigenvalue weighted by molar-refractivity contribution is -0.127. The van der Waals surface area contributed by atoms with Crippen LogP contribution in [0.15, 0.2) is 12.7 Å². The van der Waals surface area contributed by atoms with Crippen molar-refractivity contribution >= 4 is 18.9 Å². The first-order valence-electron chi connectivity index (χ1n) is 2.10. The lowest BCUT2D eigenvalue weighted by Gasteiger charge is -1.80. The van der Waals surface area contributed by atoms with Crippen LogP contribution in [0.1, 0.15) is 0 Å². The second kappa shape index (κ2) is 10.5. The standard InChI is InChI=1S/C3H4O2S.C2H6O/c1-2-3(4)5-6;1-3-2/h2,6H,1H2;1-2H3. The van der Waals surface area contributed by atoms with E-state index in [0.29, 0.717) is 0 Å². The SMILES string of the molecule is C=CC(=O)OS.COC. The van der Waals surface area contributed by atoms with E-state index in [2.05, 4.69) is 28.4 Å². The van der Waals surface area contributed by atoms with Crippen molar-refractivity contribution in [1.82, 2.24) is 0 Å². The van der Waals surface area contributed by atoms with Crippen LogP contribution in [-0.4, -0.2) is 20.2 Å². The highest BCUT2D eigenvalue weighted by atomic mass is 32.1. The van der Waals surface area contributed by atoms with Crippen molar-refractivity contribution in [2.24, 2.45) is 0 Å². The first kappa shape index (κ1) is 11.3. The molecule has 0 heterocycles. The zero-order valence-corrected chi connectivity index (χ0v) is 6.35. The van der Waals surface area contributed by atoms with Gasteiger partial charge >= 0.3 is 5.97 Å². The van der Waals surface area contributed by atoms with Crippen LogP contribution in [0.25, 0.3) is 0 Å². The van der Waals surface area contributed by atoms with Gasteiger partial charge in [0.25, 0.3) is 0 Å². The number of thiol groups is 1. The molecular weight excluding hydrogens is 140 g/mol. The maximum Gasteiger partial charge on any atom is 0.341 e. The van der Waals surface area contributed by atoms with Gasteiger partial charge in [0.05, 0.1) is 0 Å². The quantitative estimate of drug-likeness (QED) is 0.341. The number of methoxy groups -OCH3 is 1. The first-order valence-corrected chi connectivity index (χ1v) is 2.47. The Hall–Kier alpha value is -0.480. The Labute approximate surface area is 60.3 Å². The monoisotopic (exact) mass is 150 g/mol. The summed E-state index contributed by atoms with van der Waals surface area (Å²) in [6.07, 6.45) is 1.03. The maximum atomic E-state index is 9.76. The maximum absolute atomic E-state index is 9.76. The van der Waals surface area contributed by atoms with Gasteiger partial charge in [-0.15, -0.1) is 0 Å². The van der Waals surface area contributed by atoms with Crippen LogP contribution < -0.4 is 0 Å². The van der Waals surface area contributed by atoms with Gasteiger partial charge in [-0.25, -0.2) is 4.79 Å². The van der Waals surface area contributed by atoms with Gasteiger partial charge in [-0.2, -0.15) is 0 Å². The molecule has 0 saturated carbocycles. The molecule has 0 rings (SSSR count). The molecular formula is C5H10O3S. The Morgan fingerprint density at radius 3 is 2.00 bits per heavy atom. The van der Waals surface area contributed by atoms with Crippen LogP contribution in [0, 0.1) is 0 Å². The number of ether oxygens (including phenoxy) is 1. The van der Waals surface area contributed by atoms with E-state index in [4.69, 9.17) is 0 Å². The van der Waals surface area contributed by atoms with Crippen molar-refractivity contribution in [3.05, 3.63) is 12.7 Å². The minimum absolute atomic E-state index is 0.529. The number of hydrogen-bond donors (Lipinski definition) is 1. The fourth-order valence-electron chi connectivity index (χ4n) is 0.0373. The predicted molar refractivity (Wildman–Crippen MR) is 38.2 cm³/mol. The fraction of sp³-hybridized carbons (Fsp3) is 0.400. The van der Waals surface area contributed by atoms with Crippen molar-refractivity contribution in [2.75, 3.05) is 14.2 Å².